The van der Waals surface area contributed by atoms with Gasteiger partial charge < -0.3 is 14.8 Å². The molecule has 10 aromatic rings. The van der Waals surface area contributed by atoms with Crippen LogP contribution in [-0.2, 0) is 0 Å². The van der Waals surface area contributed by atoms with E-state index in [1.165, 1.54) is 32.4 Å². The summed E-state index contributed by atoms with van der Waals surface area (Å²) in [4.78, 5) is 32.1. The number of ether oxygens (including phenoxy) is 2. The first kappa shape index (κ1) is 40.5. The predicted molar refractivity (Wildman–Crippen MR) is 265 cm³/mol. The van der Waals surface area contributed by atoms with Gasteiger partial charge in [0.15, 0.2) is 11.3 Å². The molecule has 8 aromatic heterocycles. The van der Waals surface area contributed by atoms with Crippen LogP contribution in [0.2, 0.25) is 0 Å². The number of nitrogens with one attached hydrogen (secondary N) is 1. The SMILES string of the molecule is [2H]c1ccc2c(-c3cnn4cc(-c5ccc(OCCN6CCCCC6)cn5)cnc34)cccc2n1.[2H]c1ccc2c(-c3cnn4cc(-c5ccc(OCCN6CCNCC6)cn5)cnc34)cccc2n1. The van der Waals surface area contributed by atoms with Crippen LogP contribution in [0.25, 0.3) is 77.9 Å². The molecule has 12 rings (SSSR count). The van der Waals surface area contributed by atoms with Gasteiger partial charge in [0.1, 0.15) is 24.7 Å². The fraction of sp³-hybridized carbons (Fsp3) is 0.245. The van der Waals surface area contributed by atoms with Crippen LogP contribution in [0.1, 0.15) is 22.0 Å². The molecule has 2 fully saturated rings. The number of likely N-dealkylation sites (tertiary alicyclic amines) is 1. The van der Waals surface area contributed by atoms with Gasteiger partial charge in [-0.1, -0.05) is 42.8 Å². The van der Waals surface area contributed by atoms with Crippen LogP contribution in [0.3, 0.4) is 0 Å². The molecule has 0 aliphatic carbocycles. The van der Waals surface area contributed by atoms with E-state index in [1.54, 1.807) is 33.6 Å². The molecule has 68 heavy (non-hydrogen) atoms. The van der Waals surface area contributed by atoms with Crippen LogP contribution >= 0.6 is 0 Å². The Hall–Kier alpha value is -7.72. The van der Waals surface area contributed by atoms with E-state index in [9.17, 15) is 0 Å². The average Bonchev–Trinajstić information content (AvgIpc) is 4.03. The van der Waals surface area contributed by atoms with E-state index in [1.807, 2.05) is 110 Å². The van der Waals surface area contributed by atoms with Crippen molar-refractivity contribution in [3.05, 3.63) is 147 Å². The molecule has 2 aliphatic heterocycles. The van der Waals surface area contributed by atoms with Gasteiger partial charge in [-0.25, -0.2) is 19.0 Å². The highest BCUT2D eigenvalue weighted by molar-refractivity contribution is 5.99. The molecule has 1 N–H and O–H groups in total. The van der Waals surface area contributed by atoms with Crippen LogP contribution in [0.15, 0.2) is 147 Å². The number of fused-ring (bicyclic) bond motifs is 4. The van der Waals surface area contributed by atoms with Crippen molar-refractivity contribution in [1.29, 1.82) is 0 Å². The first-order valence-corrected chi connectivity index (χ1v) is 23.2. The van der Waals surface area contributed by atoms with E-state index < -0.39 is 0 Å². The molecule has 2 aromatic carbocycles. The summed E-state index contributed by atoms with van der Waals surface area (Å²) in [6.07, 6.45) is 19.1. The third-order valence-corrected chi connectivity index (χ3v) is 12.6. The number of aromatic nitrogens is 10. The molecular formula is C53H51N13O2. The second-order valence-electron chi connectivity index (χ2n) is 16.9. The standard InChI is InChI=1S/C27H26N6O.C26H25N7O/c1-2-12-32(13-3-1)14-15-34-21-9-10-25(29-17-21)20-16-30-27-24(18-31-33(27)19-20)22-6-4-8-26-23(22)7-5-11-28-26;1-3-21(22-4-2-8-28-25(22)5-1)23-17-31-33-18-19(15-30-26(23)33)24-7-6-20(16-29-24)34-14-13-32-11-9-27-10-12-32/h4-11,16-19H,1-3,12-15H2;1-8,15-18,27H,9-14H2/i11D;8D. The third kappa shape index (κ3) is 9.45. The fourth-order valence-electron chi connectivity index (χ4n) is 8.95. The summed E-state index contributed by atoms with van der Waals surface area (Å²) >= 11 is 0. The van der Waals surface area contributed by atoms with E-state index in [0.29, 0.717) is 13.2 Å². The minimum absolute atomic E-state index is 0.251. The number of piperazine rings is 1. The molecule has 2 saturated heterocycles. The molecule has 15 nitrogen and oxygen atoms in total. The molecule has 0 radical (unpaired) electrons. The van der Waals surface area contributed by atoms with E-state index in [0.717, 1.165) is 129 Å². The minimum Gasteiger partial charge on any atom is -0.491 e. The van der Waals surface area contributed by atoms with Gasteiger partial charge in [-0.15, -0.1) is 0 Å². The van der Waals surface area contributed by atoms with Gasteiger partial charge in [0.2, 0.25) is 0 Å². The van der Waals surface area contributed by atoms with Crippen molar-refractivity contribution in [2.75, 3.05) is 65.6 Å². The monoisotopic (exact) mass is 903 g/mol. The van der Waals surface area contributed by atoms with Crippen LogP contribution in [0, 0.1) is 0 Å². The normalized spacial score (nSPS) is 15.0. The quantitative estimate of drug-likeness (QED) is 0.126. The molecular weight excluding hydrogens is 851 g/mol. The number of hydrogen-bond donors (Lipinski definition) is 1. The zero-order valence-corrected chi connectivity index (χ0v) is 37.6. The van der Waals surface area contributed by atoms with Crippen molar-refractivity contribution >= 4 is 33.1 Å². The lowest BCUT2D eigenvalue weighted by atomic mass is 10.0. The summed E-state index contributed by atoms with van der Waals surface area (Å²) < 4.78 is 30.9. The average molecular weight is 904 g/mol. The second kappa shape index (κ2) is 20.0. The Balaban J connectivity index is 0.000000152. The largest absolute Gasteiger partial charge is 0.491 e. The maximum atomic E-state index is 7.79. The zero-order valence-electron chi connectivity index (χ0n) is 39.6. The van der Waals surface area contributed by atoms with Crippen molar-refractivity contribution in [3.8, 4) is 56.3 Å². The first-order chi connectivity index (χ1) is 34.5. The smallest absolute Gasteiger partial charge is 0.162 e. The van der Waals surface area contributed by atoms with Gasteiger partial charge >= 0.3 is 0 Å². The molecule has 0 atom stereocenters. The van der Waals surface area contributed by atoms with Crippen LogP contribution < -0.4 is 14.8 Å². The molecule has 0 spiro atoms. The summed E-state index contributed by atoms with van der Waals surface area (Å²) in [5.74, 6) is 1.54. The molecule has 0 saturated carbocycles. The molecule has 2 aliphatic rings. The minimum atomic E-state index is 0.251. The maximum absolute atomic E-state index is 7.79. The van der Waals surface area contributed by atoms with Gasteiger partial charge in [0, 0.05) is 109 Å². The highest BCUT2D eigenvalue weighted by Gasteiger charge is 2.16. The molecule has 0 amide bonds. The summed E-state index contributed by atoms with van der Waals surface area (Å²) in [6.45, 7) is 9.77. The lowest BCUT2D eigenvalue weighted by molar-refractivity contribution is 0.183. The predicted octanol–water partition coefficient (Wildman–Crippen LogP) is 8.16. The maximum Gasteiger partial charge on any atom is 0.162 e. The van der Waals surface area contributed by atoms with Crippen molar-refractivity contribution in [1.82, 2.24) is 64.2 Å². The lowest BCUT2D eigenvalue weighted by Crippen LogP contribution is -2.44. The zero-order chi connectivity index (χ0) is 47.2. The Labute approximate surface area is 396 Å². The molecule has 0 unspecified atom stereocenters. The molecule has 340 valence electrons. The highest BCUT2D eigenvalue weighted by Crippen LogP contribution is 2.32. The van der Waals surface area contributed by atoms with Crippen molar-refractivity contribution in [2.24, 2.45) is 0 Å². The van der Waals surface area contributed by atoms with Crippen molar-refractivity contribution in [3.63, 3.8) is 0 Å². The Bertz CT molecular complexity index is 3180. The van der Waals surface area contributed by atoms with Gasteiger partial charge in [0.25, 0.3) is 0 Å². The Morgan fingerprint density at radius 1 is 0.485 bits per heavy atom. The Morgan fingerprint density at radius 2 is 1.00 bits per heavy atom. The van der Waals surface area contributed by atoms with E-state index >= 15 is 0 Å². The molecule has 15 heteroatoms. The number of benzene rings is 2. The fourth-order valence-corrected chi connectivity index (χ4v) is 8.95. The van der Waals surface area contributed by atoms with Gasteiger partial charge in [-0.2, -0.15) is 10.2 Å². The summed E-state index contributed by atoms with van der Waals surface area (Å²) in [7, 11) is 0. The number of hydrogen-bond acceptors (Lipinski definition) is 13. The molecule has 10 heterocycles. The van der Waals surface area contributed by atoms with E-state index in [2.05, 4.69) is 45.2 Å². The van der Waals surface area contributed by atoms with Crippen LogP contribution in [-0.4, -0.2) is 125 Å². The topological polar surface area (TPSA) is 149 Å². The van der Waals surface area contributed by atoms with Gasteiger partial charge in [0.05, 0.1) is 50.0 Å². The lowest BCUT2D eigenvalue weighted by Gasteiger charge is -2.26. The first-order valence-electron chi connectivity index (χ1n) is 24.2. The number of piperidine rings is 1. The summed E-state index contributed by atoms with van der Waals surface area (Å²) in [5.41, 5.74) is 10.3. The highest BCUT2D eigenvalue weighted by atomic mass is 16.5. The molecule has 0 bridgehead atoms. The number of rotatable bonds is 12. The van der Waals surface area contributed by atoms with Crippen LogP contribution in [0.4, 0.5) is 0 Å². The van der Waals surface area contributed by atoms with Crippen molar-refractivity contribution < 1.29 is 12.2 Å². The van der Waals surface area contributed by atoms with E-state index in [-0.39, 0.29) is 12.3 Å². The second-order valence-corrected chi connectivity index (χ2v) is 16.9. The third-order valence-electron chi connectivity index (χ3n) is 12.6. The van der Waals surface area contributed by atoms with Gasteiger partial charge in [-0.3, -0.25) is 29.7 Å². The van der Waals surface area contributed by atoms with Gasteiger partial charge in [-0.05, 0) is 85.6 Å². The summed E-state index contributed by atoms with van der Waals surface area (Å²) in [5, 5.41) is 14.4. The number of nitrogens with zero attached hydrogens (tertiary/aromatic N) is 12. The number of pyridine rings is 4. The Morgan fingerprint density at radius 3 is 1.50 bits per heavy atom. The summed E-state index contributed by atoms with van der Waals surface area (Å²) in [6, 6.07) is 26.9. The van der Waals surface area contributed by atoms with Crippen LogP contribution in [0.5, 0.6) is 11.5 Å². The Kier molecular flexibility index (Phi) is 11.9. The van der Waals surface area contributed by atoms with E-state index in [4.69, 9.17) is 22.2 Å². The van der Waals surface area contributed by atoms with Crippen molar-refractivity contribution in [2.45, 2.75) is 19.3 Å².